The largest absolute Gasteiger partial charge is 0.493 e. The predicted octanol–water partition coefficient (Wildman–Crippen LogP) is 1.90. The second kappa shape index (κ2) is 6.29. The van der Waals surface area contributed by atoms with Crippen LogP contribution < -0.4 is 9.88 Å². The van der Waals surface area contributed by atoms with E-state index >= 15 is 0 Å². The van der Waals surface area contributed by atoms with Crippen LogP contribution in [0.2, 0.25) is 0 Å². The lowest BCUT2D eigenvalue weighted by Crippen LogP contribution is -2.30. The molecule has 0 aromatic heterocycles. The first-order chi connectivity index (χ1) is 8.67. The molecule has 0 amide bonds. The second-order valence-electron chi connectivity index (χ2n) is 4.75. The zero-order valence-corrected chi connectivity index (χ0v) is 11.6. The van der Waals surface area contributed by atoms with E-state index in [1.807, 2.05) is 13.8 Å². The van der Waals surface area contributed by atoms with E-state index in [4.69, 9.17) is 9.88 Å². The Kier molecular flexibility index (Phi) is 5.25. The number of ether oxygens (including phenoxy) is 1. The smallest absolute Gasteiger partial charge is 0.209 e. The average Bonchev–Trinajstić information content (AvgIpc) is 2.20. The molecule has 108 valence electrons. The van der Waals surface area contributed by atoms with E-state index in [2.05, 4.69) is 0 Å². The lowest BCUT2D eigenvalue weighted by molar-refractivity contribution is 0.223. The van der Waals surface area contributed by atoms with Gasteiger partial charge in [-0.2, -0.15) is 0 Å². The van der Waals surface area contributed by atoms with Gasteiger partial charge in [-0.05, 0) is 5.92 Å². The Morgan fingerprint density at radius 3 is 2.16 bits per heavy atom. The van der Waals surface area contributed by atoms with E-state index in [0.717, 1.165) is 18.2 Å². The molecule has 19 heavy (non-hydrogen) atoms. The molecule has 4 nitrogen and oxygen atoms in total. The van der Waals surface area contributed by atoms with Crippen LogP contribution >= 0.6 is 0 Å². The summed E-state index contributed by atoms with van der Waals surface area (Å²) in [7, 11) is -3.62. The summed E-state index contributed by atoms with van der Waals surface area (Å²) in [4.78, 5) is 0. The standard InChI is InChI=1S/C12H17F2NO3S/c1-8(2)9(7-19(15,16)17)6-18-12-4-10(13)3-11(14)5-12/h3-5,8-9H,6-7H2,1-2H3,(H2,15,16,17). The molecule has 1 aromatic carbocycles. The Bertz CT molecular complexity index is 512. The fourth-order valence-corrected chi connectivity index (χ4v) is 2.62. The van der Waals surface area contributed by atoms with Gasteiger partial charge in [-0.1, -0.05) is 13.8 Å². The van der Waals surface area contributed by atoms with Crippen molar-refractivity contribution in [1.29, 1.82) is 0 Å². The first-order valence-corrected chi connectivity index (χ1v) is 7.48. The Morgan fingerprint density at radius 1 is 1.21 bits per heavy atom. The predicted molar refractivity (Wildman–Crippen MR) is 68.2 cm³/mol. The molecule has 1 unspecified atom stereocenters. The molecule has 0 spiro atoms. The van der Waals surface area contributed by atoms with E-state index in [1.54, 1.807) is 0 Å². The van der Waals surface area contributed by atoms with Gasteiger partial charge < -0.3 is 4.74 Å². The van der Waals surface area contributed by atoms with Crippen molar-refractivity contribution in [3.05, 3.63) is 29.8 Å². The van der Waals surface area contributed by atoms with Gasteiger partial charge in [0.05, 0.1) is 12.4 Å². The van der Waals surface area contributed by atoms with Gasteiger partial charge in [0.25, 0.3) is 0 Å². The Balaban J connectivity index is 2.71. The normalized spacial score (nSPS) is 13.6. The van der Waals surface area contributed by atoms with Crippen LogP contribution in [-0.2, 0) is 10.0 Å². The summed E-state index contributed by atoms with van der Waals surface area (Å²) >= 11 is 0. The maximum atomic E-state index is 12.9. The van der Waals surface area contributed by atoms with E-state index < -0.39 is 21.7 Å². The molecule has 0 saturated carbocycles. The van der Waals surface area contributed by atoms with Gasteiger partial charge >= 0.3 is 0 Å². The number of nitrogens with two attached hydrogens (primary N) is 1. The molecule has 0 fully saturated rings. The van der Waals surface area contributed by atoms with E-state index in [9.17, 15) is 17.2 Å². The highest BCUT2D eigenvalue weighted by Gasteiger charge is 2.20. The lowest BCUT2D eigenvalue weighted by atomic mass is 9.99. The maximum Gasteiger partial charge on any atom is 0.209 e. The van der Waals surface area contributed by atoms with Crippen molar-refractivity contribution in [3.8, 4) is 5.75 Å². The summed E-state index contributed by atoms with van der Waals surface area (Å²) in [6, 6.07) is 2.81. The molecule has 0 radical (unpaired) electrons. The minimum atomic E-state index is -3.62. The number of primary sulfonamides is 1. The summed E-state index contributed by atoms with van der Waals surface area (Å²) in [5.41, 5.74) is 0. The molecule has 0 saturated heterocycles. The zero-order valence-electron chi connectivity index (χ0n) is 10.8. The van der Waals surface area contributed by atoms with Crippen molar-refractivity contribution in [2.45, 2.75) is 13.8 Å². The van der Waals surface area contributed by atoms with Crippen LogP contribution in [0, 0.1) is 23.5 Å². The minimum absolute atomic E-state index is 0.0109. The number of rotatable bonds is 6. The Hall–Kier alpha value is -1.21. The average molecular weight is 293 g/mol. The van der Waals surface area contributed by atoms with Crippen LogP contribution in [0.25, 0.3) is 0 Å². The maximum absolute atomic E-state index is 12.9. The molecule has 1 aromatic rings. The van der Waals surface area contributed by atoms with Crippen molar-refractivity contribution >= 4 is 10.0 Å². The highest BCUT2D eigenvalue weighted by atomic mass is 32.2. The summed E-state index contributed by atoms with van der Waals surface area (Å²) in [5.74, 6) is -2.04. The second-order valence-corrected chi connectivity index (χ2v) is 6.41. The van der Waals surface area contributed by atoms with Crippen LogP contribution in [0.4, 0.5) is 8.78 Å². The molecular formula is C12H17F2NO3S. The zero-order chi connectivity index (χ0) is 14.6. The van der Waals surface area contributed by atoms with Gasteiger partial charge in [-0.15, -0.1) is 0 Å². The molecule has 7 heteroatoms. The van der Waals surface area contributed by atoms with E-state index in [0.29, 0.717) is 0 Å². The SMILES string of the molecule is CC(C)C(COc1cc(F)cc(F)c1)CS(N)(=O)=O. The van der Waals surface area contributed by atoms with Crippen molar-refractivity contribution in [2.75, 3.05) is 12.4 Å². The quantitative estimate of drug-likeness (QED) is 0.871. The van der Waals surface area contributed by atoms with Gasteiger partial charge in [0.2, 0.25) is 10.0 Å². The Morgan fingerprint density at radius 2 is 1.74 bits per heavy atom. The first kappa shape index (κ1) is 15.8. The highest BCUT2D eigenvalue weighted by Crippen LogP contribution is 2.19. The van der Waals surface area contributed by atoms with Gasteiger partial charge in [-0.25, -0.2) is 22.3 Å². The van der Waals surface area contributed by atoms with Gasteiger partial charge in [-0.3, -0.25) is 0 Å². The summed E-state index contributed by atoms with van der Waals surface area (Å²) in [5, 5.41) is 4.99. The molecule has 0 aliphatic carbocycles. The first-order valence-electron chi connectivity index (χ1n) is 5.77. The molecule has 0 aliphatic heterocycles. The third-order valence-electron chi connectivity index (χ3n) is 2.69. The number of halogens is 2. The molecule has 1 rings (SSSR count). The van der Waals surface area contributed by atoms with Crippen molar-refractivity contribution in [1.82, 2.24) is 0 Å². The fraction of sp³-hybridized carbons (Fsp3) is 0.500. The summed E-state index contributed by atoms with van der Waals surface area (Å²) in [6.07, 6.45) is 0. The molecule has 0 heterocycles. The fourth-order valence-electron chi connectivity index (χ4n) is 1.55. The van der Waals surface area contributed by atoms with E-state index in [1.165, 1.54) is 0 Å². The van der Waals surface area contributed by atoms with Crippen molar-refractivity contribution in [2.24, 2.45) is 17.0 Å². The minimum Gasteiger partial charge on any atom is -0.493 e. The van der Waals surface area contributed by atoms with Crippen molar-refractivity contribution in [3.63, 3.8) is 0 Å². The van der Waals surface area contributed by atoms with Crippen molar-refractivity contribution < 1.29 is 21.9 Å². The van der Waals surface area contributed by atoms with E-state index in [-0.39, 0.29) is 29.9 Å². The molecule has 1 atom stereocenters. The molecular weight excluding hydrogens is 276 g/mol. The highest BCUT2D eigenvalue weighted by molar-refractivity contribution is 7.89. The van der Waals surface area contributed by atoms with Crippen LogP contribution in [0.15, 0.2) is 18.2 Å². The molecule has 0 bridgehead atoms. The van der Waals surface area contributed by atoms with Crippen LogP contribution in [0.1, 0.15) is 13.8 Å². The number of hydrogen-bond donors (Lipinski definition) is 1. The van der Waals surface area contributed by atoms with Crippen LogP contribution in [0.3, 0.4) is 0 Å². The Labute approximate surface area is 111 Å². The number of hydrogen-bond acceptors (Lipinski definition) is 3. The van der Waals surface area contributed by atoms with Gasteiger partial charge in [0.15, 0.2) is 0 Å². The van der Waals surface area contributed by atoms with Gasteiger partial charge in [0, 0.05) is 24.1 Å². The molecule has 0 aliphatic rings. The van der Waals surface area contributed by atoms with Crippen LogP contribution in [-0.4, -0.2) is 20.8 Å². The number of sulfonamides is 1. The third-order valence-corrected chi connectivity index (χ3v) is 3.58. The lowest BCUT2D eigenvalue weighted by Gasteiger charge is -2.20. The summed E-state index contributed by atoms with van der Waals surface area (Å²) in [6.45, 7) is 3.67. The summed E-state index contributed by atoms with van der Waals surface area (Å²) < 4.78 is 53.3. The monoisotopic (exact) mass is 293 g/mol. The van der Waals surface area contributed by atoms with Gasteiger partial charge in [0.1, 0.15) is 17.4 Å². The number of benzene rings is 1. The topological polar surface area (TPSA) is 69.4 Å². The van der Waals surface area contributed by atoms with Crippen LogP contribution in [0.5, 0.6) is 5.75 Å². The molecule has 2 N–H and O–H groups in total. The third kappa shape index (κ3) is 5.98.